The normalized spacial score (nSPS) is 20.0. The van der Waals surface area contributed by atoms with Crippen molar-refractivity contribution in [3.8, 4) is 0 Å². The van der Waals surface area contributed by atoms with Gasteiger partial charge in [-0.05, 0) is 49.3 Å². The number of hydrogen-bond acceptors (Lipinski definition) is 5. The molecule has 1 aliphatic carbocycles. The molecular weight excluding hydrogens is 370 g/mol. The van der Waals surface area contributed by atoms with Crippen LogP contribution in [0.15, 0.2) is 33.7 Å². The van der Waals surface area contributed by atoms with Crippen molar-refractivity contribution in [2.24, 2.45) is 5.92 Å². The van der Waals surface area contributed by atoms with E-state index in [0.717, 1.165) is 49.6 Å². The molecule has 2 heterocycles. The van der Waals surface area contributed by atoms with E-state index in [9.17, 15) is 4.79 Å². The van der Waals surface area contributed by atoms with Crippen LogP contribution in [0.25, 0.3) is 0 Å². The average molecular weight is 400 g/mol. The van der Waals surface area contributed by atoms with Gasteiger partial charge in [-0.1, -0.05) is 31.1 Å². The maximum atomic E-state index is 12.8. The van der Waals surface area contributed by atoms with Gasteiger partial charge >= 0.3 is 0 Å². The lowest BCUT2D eigenvalue weighted by Gasteiger charge is -2.32. The van der Waals surface area contributed by atoms with Crippen LogP contribution in [0.5, 0.6) is 0 Å². The van der Waals surface area contributed by atoms with Crippen molar-refractivity contribution in [3.05, 3.63) is 41.5 Å². The molecule has 2 aliphatic rings. The third-order valence-corrected chi connectivity index (χ3v) is 6.43. The maximum absolute atomic E-state index is 12.8. The van der Waals surface area contributed by atoms with Gasteiger partial charge in [-0.25, -0.2) is 0 Å². The van der Waals surface area contributed by atoms with Crippen molar-refractivity contribution in [2.45, 2.75) is 68.4 Å². The summed E-state index contributed by atoms with van der Waals surface area (Å²) in [7, 11) is 0. The monoisotopic (exact) mass is 399 g/mol. The van der Waals surface area contributed by atoms with E-state index >= 15 is 0 Å². The van der Waals surface area contributed by atoms with Gasteiger partial charge in [0.25, 0.3) is 0 Å². The summed E-state index contributed by atoms with van der Waals surface area (Å²) in [6.07, 6.45) is 5.79. The second kappa shape index (κ2) is 8.68. The molecule has 5 nitrogen and oxygen atoms in total. The number of carbonyl (C=O) groups is 1. The van der Waals surface area contributed by atoms with Gasteiger partial charge in [-0.2, -0.15) is 4.98 Å². The smallest absolute Gasteiger partial charge is 0.226 e. The lowest BCUT2D eigenvalue weighted by atomic mass is 9.94. The summed E-state index contributed by atoms with van der Waals surface area (Å²) in [6, 6.07) is 8.42. The zero-order chi connectivity index (χ0) is 19.5. The van der Waals surface area contributed by atoms with Crippen molar-refractivity contribution in [2.75, 3.05) is 13.1 Å². The van der Waals surface area contributed by atoms with E-state index in [4.69, 9.17) is 4.52 Å². The first-order chi connectivity index (χ1) is 13.6. The average Bonchev–Trinajstić information content (AvgIpc) is 3.43. The number of benzene rings is 1. The third kappa shape index (κ3) is 5.16. The first kappa shape index (κ1) is 19.5. The molecule has 2 fully saturated rings. The highest BCUT2D eigenvalue weighted by molar-refractivity contribution is 7.99. The number of piperidine rings is 1. The van der Waals surface area contributed by atoms with Gasteiger partial charge in [-0.3, -0.25) is 4.79 Å². The summed E-state index contributed by atoms with van der Waals surface area (Å²) in [4.78, 5) is 20.6. The number of aromatic nitrogens is 2. The predicted octanol–water partition coefficient (Wildman–Crippen LogP) is 4.47. The molecule has 0 N–H and O–H groups in total. The highest BCUT2D eigenvalue weighted by atomic mass is 32.2. The number of thioether (sulfide) groups is 1. The van der Waals surface area contributed by atoms with Crippen LogP contribution < -0.4 is 0 Å². The van der Waals surface area contributed by atoms with Crippen LogP contribution in [0.3, 0.4) is 0 Å². The van der Waals surface area contributed by atoms with Crippen molar-refractivity contribution in [3.63, 3.8) is 0 Å². The van der Waals surface area contributed by atoms with Crippen LogP contribution in [0.1, 0.15) is 62.7 Å². The lowest BCUT2D eigenvalue weighted by molar-refractivity contribution is -0.132. The number of amides is 1. The molecule has 1 aliphatic heterocycles. The molecule has 150 valence electrons. The van der Waals surface area contributed by atoms with E-state index in [1.54, 1.807) is 0 Å². The standard InChI is InChI=1S/C22H29N3O2S/c1-15(2)28-19-9-5-16(6-10-19)13-21(26)25-11-3-4-17(14-25)12-20-23-22(24-27-20)18-7-8-18/h5-6,9-10,15,17-18H,3-4,7-8,11-14H2,1-2H3. The second-order valence-electron chi connectivity index (χ2n) is 8.36. The van der Waals surface area contributed by atoms with E-state index in [-0.39, 0.29) is 5.91 Å². The number of rotatable bonds is 7. The van der Waals surface area contributed by atoms with Crippen molar-refractivity contribution in [1.29, 1.82) is 0 Å². The van der Waals surface area contributed by atoms with Crippen molar-refractivity contribution < 1.29 is 9.32 Å². The Morgan fingerprint density at radius 1 is 1.25 bits per heavy atom. The van der Waals surface area contributed by atoms with Crippen molar-refractivity contribution >= 4 is 17.7 Å². The van der Waals surface area contributed by atoms with E-state index in [0.29, 0.717) is 23.5 Å². The molecule has 1 unspecified atom stereocenters. The Labute approximate surface area is 171 Å². The Hall–Kier alpha value is -1.82. The van der Waals surface area contributed by atoms with Crippen LogP contribution in [0.4, 0.5) is 0 Å². The molecule has 4 rings (SSSR count). The number of likely N-dealkylation sites (tertiary alicyclic amines) is 1. The minimum atomic E-state index is 0.221. The molecule has 0 spiro atoms. The van der Waals surface area contributed by atoms with Crippen LogP contribution in [0.2, 0.25) is 0 Å². The van der Waals surface area contributed by atoms with Gasteiger partial charge < -0.3 is 9.42 Å². The van der Waals surface area contributed by atoms with Crippen LogP contribution in [-0.2, 0) is 17.6 Å². The highest BCUT2D eigenvalue weighted by Crippen LogP contribution is 2.38. The number of nitrogens with zero attached hydrogens (tertiary/aromatic N) is 3. The quantitative estimate of drug-likeness (QED) is 0.643. The van der Waals surface area contributed by atoms with Gasteiger partial charge in [0.2, 0.25) is 11.8 Å². The number of hydrogen-bond donors (Lipinski definition) is 0. The summed E-state index contributed by atoms with van der Waals surface area (Å²) in [5.41, 5.74) is 1.09. The molecule has 1 atom stereocenters. The highest BCUT2D eigenvalue weighted by Gasteiger charge is 2.30. The fraction of sp³-hybridized carbons (Fsp3) is 0.591. The zero-order valence-electron chi connectivity index (χ0n) is 16.8. The summed E-state index contributed by atoms with van der Waals surface area (Å²) < 4.78 is 5.43. The summed E-state index contributed by atoms with van der Waals surface area (Å²) in [5.74, 6) is 2.76. The van der Waals surface area contributed by atoms with E-state index in [1.807, 2.05) is 16.7 Å². The Morgan fingerprint density at radius 3 is 2.75 bits per heavy atom. The fourth-order valence-electron chi connectivity index (χ4n) is 3.81. The first-order valence-electron chi connectivity index (χ1n) is 10.4. The van der Waals surface area contributed by atoms with Gasteiger partial charge in [0.05, 0.1) is 6.42 Å². The van der Waals surface area contributed by atoms with Gasteiger partial charge in [0.15, 0.2) is 5.82 Å². The summed E-state index contributed by atoms with van der Waals surface area (Å²) in [5, 5.41) is 4.68. The van der Waals surface area contributed by atoms with Crippen LogP contribution >= 0.6 is 11.8 Å². The Bertz CT molecular complexity index is 798. The molecule has 1 aromatic carbocycles. The third-order valence-electron chi connectivity index (χ3n) is 5.41. The minimum Gasteiger partial charge on any atom is -0.342 e. The molecule has 2 aromatic rings. The van der Waals surface area contributed by atoms with Gasteiger partial charge in [0.1, 0.15) is 0 Å². The van der Waals surface area contributed by atoms with Crippen LogP contribution in [0, 0.1) is 5.92 Å². The number of carbonyl (C=O) groups excluding carboxylic acids is 1. The minimum absolute atomic E-state index is 0.221. The van der Waals surface area contributed by atoms with E-state index in [2.05, 4.69) is 48.3 Å². The topological polar surface area (TPSA) is 59.2 Å². The molecule has 1 saturated heterocycles. The van der Waals surface area contributed by atoms with Gasteiger partial charge in [0, 0.05) is 35.6 Å². The summed E-state index contributed by atoms with van der Waals surface area (Å²) >= 11 is 1.85. The van der Waals surface area contributed by atoms with E-state index in [1.165, 1.54) is 17.7 Å². The predicted molar refractivity (Wildman–Crippen MR) is 110 cm³/mol. The largest absolute Gasteiger partial charge is 0.342 e. The SMILES string of the molecule is CC(C)Sc1ccc(CC(=O)N2CCCC(Cc3nc(C4CC4)no3)C2)cc1. The molecule has 0 radical (unpaired) electrons. The van der Waals surface area contributed by atoms with E-state index < -0.39 is 0 Å². The fourth-order valence-corrected chi connectivity index (χ4v) is 4.65. The molecule has 0 bridgehead atoms. The second-order valence-corrected chi connectivity index (χ2v) is 10.0. The molecule has 1 aromatic heterocycles. The molecule has 6 heteroatoms. The molecule has 1 amide bonds. The first-order valence-corrected chi connectivity index (χ1v) is 11.3. The Kier molecular flexibility index (Phi) is 6.04. The Balaban J connectivity index is 1.29. The molecular formula is C22H29N3O2S. The molecule has 1 saturated carbocycles. The maximum Gasteiger partial charge on any atom is 0.226 e. The van der Waals surface area contributed by atoms with Gasteiger partial charge in [-0.15, -0.1) is 11.8 Å². The molecule has 28 heavy (non-hydrogen) atoms. The van der Waals surface area contributed by atoms with Crippen molar-refractivity contribution in [1.82, 2.24) is 15.0 Å². The zero-order valence-corrected chi connectivity index (χ0v) is 17.6. The Morgan fingerprint density at radius 2 is 2.04 bits per heavy atom. The summed E-state index contributed by atoms with van der Waals surface area (Å²) in [6.45, 7) is 6.03. The van der Waals surface area contributed by atoms with Crippen LogP contribution in [-0.4, -0.2) is 39.3 Å². The lowest BCUT2D eigenvalue weighted by Crippen LogP contribution is -2.41.